The minimum atomic E-state index is -0.425. The summed E-state index contributed by atoms with van der Waals surface area (Å²) in [5.41, 5.74) is 0.443. The smallest absolute Gasteiger partial charge is 0.410 e. The van der Waals surface area contributed by atoms with E-state index in [1.807, 2.05) is 66.1 Å². The highest BCUT2D eigenvalue weighted by Crippen LogP contribution is 2.13. The normalized spacial score (nSPS) is 17.6. The molecule has 9 heteroatoms. The number of rotatable bonds is 2. The SMILES string of the molecule is CC(C)(C)OC(=O)N1CCN(Cc2ccncc2)CC1.CC(C)(C)OC(=O)N1CCNCC1. The second kappa shape index (κ2) is 12.2. The summed E-state index contributed by atoms with van der Waals surface area (Å²) < 4.78 is 10.6. The first-order chi connectivity index (χ1) is 15.4. The van der Waals surface area contributed by atoms with Gasteiger partial charge in [-0.2, -0.15) is 0 Å². The number of carbonyl (C=O) groups excluding carboxylic acids is 2. The third kappa shape index (κ3) is 10.9. The second-order valence-corrected chi connectivity index (χ2v) is 10.3. The molecule has 2 saturated heterocycles. The molecule has 186 valence electrons. The summed E-state index contributed by atoms with van der Waals surface area (Å²) in [7, 11) is 0. The van der Waals surface area contributed by atoms with Crippen LogP contribution in [-0.2, 0) is 16.0 Å². The molecule has 0 aromatic carbocycles. The summed E-state index contributed by atoms with van der Waals surface area (Å²) >= 11 is 0. The standard InChI is InChI=1S/C15H23N3O2.C9H18N2O2/c1-15(2,3)20-14(19)18-10-8-17(9-11-18)12-13-4-6-16-7-5-13;1-9(2,3)13-8(12)11-6-4-10-5-7-11/h4-7H,8-12H2,1-3H3;10H,4-7H2,1-3H3. The number of nitrogens with one attached hydrogen (secondary N) is 1. The van der Waals surface area contributed by atoms with Gasteiger partial charge in [-0.05, 0) is 59.2 Å². The molecular weight excluding hydrogens is 422 g/mol. The Bertz CT molecular complexity index is 731. The average molecular weight is 464 g/mol. The van der Waals surface area contributed by atoms with Crippen LogP contribution in [-0.4, -0.2) is 95.4 Å². The van der Waals surface area contributed by atoms with Crippen LogP contribution in [0.2, 0.25) is 0 Å². The molecule has 0 spiro atoms. The van der Waals surface area contributed by atoms with Crippen LogP contribution in [0.3, 0.4) is 0 Å². The first-order valence-electron chi connectivity index (χ1n) is 11.7. The van der Waals surface area contributed by atoms with Gasteiger partial charge in [0.1, 0.15) is 11.2 Å². The zero-order valence-corrected chi connectivity index (χ0v) is 21.1. The van der Waals surface area contributed by atoms with Crippen molar-refractivity contribution < 1.29 is 19.1 Å². The van der Waals surface area contributed by atoms with Crippen molar-refractivity contribution >= 4 is 12.2 Å². The molecule has 0 radical (unpaired) electrons. The molecule has 9 nitrogen and oxygen atoms in total. The van der Waals surface area contributed by atoms with Gasteiger partial charge >= 0.3 is 12.2 Å². The summed E-state index contributed by atoms with van der Waals surface area (Å²) in [6, 6.07) is 4.06. The predicted octanol–water partition coefficient (Wildman–Crippen LogP) is 2.96. The van der Waals surface area contributed by atoms with Crippen LogP contribution in [0.5, 0.6) is 0 Å². The lowest BCUT2D eigenvalue weighted by Crippen LogP contribution is -2.49. The highest BCUT2D eigenvalue weighted by Gasteiger charge is 2.26. The molecule has 0 saturated carbocycles. The summed E-state index contributed by atoms with van der Waals surface area (Å²) in [5.74, 6) is 0. The first-order valence-corrected chi connectivity index (χ1v) is 11.7. The maximum Gasteiger partial charge on any atom is 0.410 e. The van der Waals surface area contributed by atoms with Crippen LogP contribution < -0.4 is 5.32 Å². The van der Waals surface area contributed by atoms with Crippen LogP contribution in [0.15, 0.2) is 24.5 Å². The fourth-order valence-corrected chi connectivity index (χ4v) is 3.34. The molecule has 0 atom stereocenters. The van der Waals surface area contributed by atoms with Crippen molar-refractivity contribution in [3.05, 3.63) is 30.1 Å². The molecule has 0 bridgehead atoms. The summed E-state index contributed by atoms with van der Waals surface area (Å²) in [4.78, 5) is 33.3. The molecule has 3 heterocycles. The number of piperazine rings is 2. The van der Waals surface area contributed by atoms with Crippen LogP contribution >= 0.6 is 0 Å². The quantitative estimate of drug-likeness (QED) is 0.721. The van der Waals surface area contributed by atoms with Crippen molar-refractivity contribution in [2.75, 3.05) is 52.4 Å². The van der Waals surface area contributed by atoms with Gasteiger partial charge in [-0.1, -0.05) is 0 Å². The van der Waals surface area contributed by atoms with Gasteiger partial charge in [0, 0.05) is 71.3 Å². The van der Waals surface area contributed by atoms with Gasteiger partial charge in [0.05, 0.1) is 0 Å². The fraction of sp³-hybridized carbons (Fsp3) is 0.708. The zero-order chi connectivity index (χ0) is 24.5. The van der Waals surface area contributed by atoms with Gasteiger partial charge in [0.15, 0.2) is 0 Å². The Kier molecular flexibility index (Phi) is 9.91. The lowest BCUT2D eigenvalue weighted by Gasteiger charge is -2.35. The maximum atomic E-state index is 12.0. The largest absolute Gasteiger partial charge is 0.444 e. The number of hydrogen-bond donors (Lipinski definition) is 1. The highest BCUT2D eigenvalue weighted by molar-refractivity contribution is 5.68. The highest BCUT2D eigenvalue weighted by atomic mass is 16.6. The van der Waals surface area contributed by atoms with Crippen LogP contribution in [0, 0.1) is 0 Å². The van der Waals surface area contributed by atoms with E-state index in [2.05, 4.69) is 15.2 Å². The van der Waals surface area contributed by atoms with Gasteiger partial charge in [-0.25, -0.2) is 9.59 Å². The Balaban J connectivity index is 0.000000257. The first kappa shape index (κ1) is 26.9. The summed E-state index contributed by atoms with van der Waals surface area (Å²) in [6.07, 6.45) is 3.22. The van der Waals surface area contributed by atoms with Gasteiger partial charge < -0.3 is 24.6 Å². The van der Waals surface area contributed by atoms with Gasteiger partial charge in [-0.3, -0.25) is 9.88 Å². The second-order valence-electron chi connectivity index (χ2n) is 10.3. The van der Waals surface area contributed by atoms with E-state index >= 15 is 0 Å². The molecule has 1 aromatic rings. The Labute approximate surface area is 198 Å². The van der Waals surface area contributed by atoms with Crippen LogP contribution in [0.25, 0.3) is 0 Å². The van der Waals surface area contributed by atoms with Gasteiger partial charge in [0.25, 0.3) is 0 Å². The van der Waals surface area contributed by atoms with E-state index in [0.717, 1.165) is 58.9 Å². The number of ether oxygens (including phenoxy) is 2. The number of nitrogens with zero attached hydrogens (tertiary/aromatic N) is 4. The third-order valence-electron chi connectivity index (χ3n) is 4.95. The molecule has 2 amide bonds. The van der Waals surface area contributed by atoms with E-state index in [4.69, 9.17) is 9.47 Å². The van der Waals surface area contributed by atoms with Crippen molar-refractivity contribution in [2.24, 2.45) is 0 Å². The number of pyridine rings is 1. The van der Waals surface area contributed by atoms with E-state index in [-0.39, 0.29) is 17.8 Å². The number of aromatic nitrogens is 1. The number of carbonyl (C=O) groups is 2. The molecule has 2 aliphatic rings. The van der Waals surface area contributed by atoms with Crippen molar-refractivity contribution in [3.63, 3.8) is 0 Å². The Morgan fingerprint density at radius 3 is 1.73 bits per heavy atom. The third-order valence-corrected chi connectivity index (χ3v) is 4.95. The van der Waals surface area contributed by atoms with E-state index in [1.165, 1.54) is 5.56 Å². The van der Waals surface area contributed by atoms with Crippen LogP contribution in [0.4, 0.5) is 9.59 Å². The van der Waals surface area contributed by atoms with E-state index < -0.39 is 5.60 Å². The van der Waals surface area contributed by atoms with Crippen molar-refractivity contribution in [2.45, 2.75) is 59.3 Å². The molecule has 1 aromatic heterocycles. The minimum absolute atomic E-state index is 0.200. The molecule has 1 N–H and O–H groups in total. The molecule has 0 aliphatic carbocycles. The molecule has 3 rings (SSSR count). The fourth-order valence-electron chi connectivity index (χ4n) is 3.34. The van der Waals surface area contributed by atoms with Crippen molar-refractivity contribution in [1.29, 1.82) is 0 Å². The Morgan fingerprint density at radius 2 is 1.27 bits per heavy atom. The zero-order valence-electron chi connectivity index (χ0n) is 21.1. The molecule has 2 aliphatic heterocycles. The molecule has 33 heavy (non-hydrogen) atoms. The number of hydrogen-bond acceptors (Lipinski definition) is 7. The summed E-state index contributed by atoms with van der Waals surface area (Å²) in [5, 5.41) is 3.18. The lowest BCUT2D eigenvalue weighted by molar-refractivity contribution is 0.0138. The monoisotopic (exact) mass is 463 g/mol. The van der Waals surface area contributed by atoms with E-state index in [0.29, 0.717) is 0 Å². The average Bonchev–Trinajstić information content (AvgIpc) is 2.74. The predicted molar refractivity (Wildman–Crippen MR) is 128 cm³/mol. The molecular formula is C24H41N5O4. The van der Waals surface area contributed by atoms with Crippen molar-refractivity contribution in [3.8, 4) is 0 Å². The Hall–Kier alpha value is -2.39. The lowest BCUT2D eigenvalue weighted by atomic mass is 10.2. The molecule has 0 unspecified atom stereocenters. The van der Waals surface area contributed by atoms with E-state index in [9.17, 15) is 9.59 Å². The topological polar surface area (TPSA) is 87.2 Å². The van der Waals surface area contributed by atoms with Crippen LogP contribution in [0.1, 0.15) is 47.1 Å². The molecule has 2 fully saturated rings. The number of amides is 2. The maximum absolute atomic E-state index is 12.0. The minimum Gasteiger partial charge on any atom is -0.444 e. The Morgan fingerprint density at radius 1 is 0.818 bits per heavy atom. The van der Waals surface area contributed by atoms with Crippen molar-refractivity contribution in [1.82, 2.24) is 25.0 Å². The summed E-state index contributed by atoms with van der Waals surface area (Å²) in [6.45, 7) is 18.6. The van der Waals surface area contributed by atoms with Gasteiger partial charge in [0.2, 0.25) is 0 Å². The van der Waals surface area contributed by atoms with Gasteiger partial charge in [-0.15, -0.1) is 0 Å². The van der Waals surface area contributed by atoms with E-state index in [1.54, 1.807) is 9.80 Å².